The lowest BCUT2D eigenvalue weighted by atomic mass is 10.2. The van der Waals surface area contributed by atoms with Crippen LogP contribution in [-0.4, -0.2) is 14.8 Å². The Morgan fingerprint density at radius 3 is 2.69 bits per heavy atom. The van der Waals surface area contributed by atoms with Gasteiger partial charge < -0.3 is 0 Å². The first-order valence-corrected chi connectivity index (χ1v) is 6.54. The van der Waals surface area contributed by atoms with E-state index in [9.17, 15) is 0 Å². The van der Waals surface area contributed by atoms with Gasteiger partial charge in [0, 0.05) is 15.7 Å². The van der Waals surface area contributed by atoms with Crippen LogP contribution in [0.3, 0.4) is 0 Å². The lowest BCUT2D eigenvalue weighted by Crippen LogP contribution is -1.99. The van der Waals surface area contributed by atoms with E-state index >= 15 is 0 Å². The first kappa shape index (κ1) is 10.3. The fourth-order valence-corrected chi connectivity index (χ4v) is 2.04. The summed E-state index contributed by atoms with van der Waals surface area (Å²) in [5.41, 5.74) is 1.09. The van der Waals surface area contributed by atoms with Crippen LogP contribution in [0, 0.1) is 9.49 Å². The van der Waals surface area contributed by atoms with E-state index < -0.39 is 0 Å². The van der Waals surface area contributed by atoms with E-state index in [2.05, 4.69) is 56.9 Å². The molecule has 0 atom stereocenters. The Morgan fingerprint density at radius 2 is 2.00 bits per heavy atom. The fourth-order valence-electron chi connectivity index (χ4n) is 1.68. The summed E-state index contributed by atoms with van der Waals surface area (Å²) in [6.45, 7) is 1.03. The molecule has 3 rings (SSSR count). The van der Waals surface area contributed by atoms with Gasteiger partial charge in [-0.2, -0.15) is 5.10 Å². The van der Waals surface area contributed by atoms with Crippen LogP contribution in [0.2, 0.25) is 0 Å². The Hall–Kier alpha value is -0.910. The summed E-state index contributed by atoms with van der Waals surface area (Å²) in [5, 5.41) is 4.49. The van der Waals surface area contributed by atoms with Crippen LogP contribution >= 0.6 is 22.6 Å². The predicted octanol–water partition coefficient (Wildman–Crippen LogP) is 2.96. The van der Waals surface area contributed by atoms with Crippen molar-refractivity contribution in [1.29, 1.82) is 0 Å². The highest BCUT2D eigenvalue weighted by molar-refractivity contribution is 14.1. The van der Waals surface area contributed by atoms with Crippen LogP contribution < -0.4 is 0 Å². The standard InChI is InChI=1S/C12H12IN3/c13-11-5-3-10(4-6-11)12-14-8-16(15-12)7-9-1-2-9/h3-6,8-9H,1-2,7H2. The van der Waals surface area contributed by atoms with E-state index in [1.54, 1.807) is 0 Å². The third-order valence-electron chi connectivity index (χ3n) is 2.78. The molecule has 0 unspecified atom stereocenters. The summed E-state index contributed by atoms with van der Waals surface area (Å²) < 4.78 is 3.20. The molecule has 4 heteroatoms. The van der Waals surface area contributed by atoms with Gasteiger partial charge in [0.1, 0.15) is 6.33 Å². The quantitative estimate of drug-likeness (QED) is 0.813. The fraction of sp³-hybridized carbons (Fsp3) is 0.333. The van der Waals surface area contributed by atoms with Crippen LogP contribution in [0.1, 0.15) is 12.8 Å². The van der Waals surface area contributed by atoms with Gasteiger partial charge in [0.15, 0.2) is 5.82 Å². The molecular weight excluding hydrogens is 313 g/mol. The molecule has 1 aromatic carbocycles. The van der Waals surface area contributed by atoms with Gasteiger partial charge in [-0.3, -0.25) is 4.68 Å². The lowest BCUT2D eigenvalue weighted by molar-refractivity contribution is 0.563. The third kappa shape index (κ3) is 2.26. The Labute approximate surface area is 108 Å². The molecule has 0 saturated heterocycles. The molecular formula is C12H12IN3. The monoisotopic (exact) mass is 325 g/mol. The molecule has 1 fully saturated rings. The molecule has 82 valence electrons. The summed E-state index contributed by atoms with van der Waals surface area (Å²) in [4.78, 5) is 4.35. The van der Waals surface area contributed by atoms with Gasteiger partial charge in [-0.05, 0) is 53.5 Å². The van der Waals surface area contributed by atoms with E-state index in [-0.39, 0.29) is 0 Å². The molecule has 1 heterocycles. The molecule has 1 saturated carbocycles. The normalized spacial score (nSPS) is 15.3. The van der Waals surface area contributed by atoms with Gasteiger partial charge in [0.05, 0.1) is 0 Å². The van der Waals surface area contributed by atoms with Crippen molar-refractivity contribution in [2.45, 2.75) is 19.4 Å². The second-order valence-electron chi connectivity index (χ2n) is 4.24. The van der Waals surface area contributed by atoms with Crippen molar-refractivity contribution in [1.82, 2.24) is 14.8 Å². The molecule has 2 aromatic rings. The molecule has 0 bridgehead atoms. The van der Waals surface area contributed by atoms with Crippen LogP contribution in [0.4, 0.5) is 0 Å². The van der Waals surface area contributed by atoms with Crippen molar-refractivity contribution in [3.63, 3.8) is 0 Å². The summed E-state index contributed by atoms with van der Waals surface area (Å²) in [6, 6.07) is 8.30. The first-order valence-electron chi connectivity index (χ1n) is 5.46. The van der Waals surface area contributed by atoms with Crippen molar-refractivity contribution in [2.75, 3.05) is 0 Å². The number of benzene rings is 1. The van der Waals surface area contributed by atoms with Gasteiger partial charge >= 0.3 is 0 Å². The number of hydrogen-bond acceptors (Lipinski definition) is 2. The summed E-state index contributed by atoms with van der Waals surface area (Å²) in [5.74, 6) is 1.67. The van der Waals surface area contributed by atoms with Gasteiger partial charge in [0.25, 0.3) is 0 Å². The number of rotatable bonds is 3. The zero-order valence-electron chi connectivity index (χ0n) is 8.81. The average molecular weight is 325 g/mol. The SMILES string of the molecule is Ic1ccc(-c2ncn(CC3CC3)n2)cc1. The van der Waals surface area contributed by atoms with Crippen molar-refractivity contribution in [3.8, 4) is 11.4 Å². The number of halogens is 1. The smallest absolute Gasteiger partial charge is 0.181 e. The maximum absolute atomic E-state index is 4.49. The van der Waals surface area contributed by atoms with Crippen molar-refractivity contribution in [2.24, 2.45) is 5.92 Å². The summed E-state index contributed by atoms with van der Waals surface area (Å²) in [7, 11) is 0. The van der Waals surface area contributed by atoms with Gasteiger partial charge in [-0.15, -0.1) is 0 Å². The molecule has 1 aliphatic carbocycles. The molecule has 16 heavy (non-hydrogen) atoms. The Bertz CT molecular complexity index is 485. The van der Waals surface area contributed by atoms with E-state index in [0.717, 1.165) is 23.9 Å². The molecule has 3 nitrogen and oxygen atoms in total. The van der Waals surface area contributed by atoms with Crippen molar-refractivity contribution in [3.05, 3.63) is 34.2 Å². The number of aromatic nitrogens is 3. The van der Waals surface area contributed by atoms with Crippen molar-refractivity contribution < 1.29 is 0 Å². The molecule has 0 radical (unpaired) electrons. The van der Waals surface area contributed by atoms with Gasteiger partial charge in [-0.1, -0.05) is 12.1 Å². The minimum Gasteiger partial charge on any atom is -0.252 e. The number of hydrogen-bond donors (Lipinski definition) is 0. The van der Waals surface area contributed by atoms with Gasteiger partial charge in [0.2, 0.25) is 0 Å². The molecule has 0 amide bonds. The molecule has 1 aromatic heterocycles. The largest absolute Gasteiger partial charge is 0.252 e. The van der Waals surface area contributed by atoms with Crippen molar-refractivity contribution >= 4 is 22.6 Å². The summed E-state index contributed by atoms with van der Waals surface area (Å²) in [6.07, 6.45) is 4.53. The maximum atomic E-state index is 4.49. The van der Waals surface area contributed by atoms with E-state index in [0.29, 0.717) is 0 Å². The zero-order valence-corrected chi connectivity index (χ0v) is 11.0. The zero-order chi connectivity index (χ0) is 11.0. The highest BCUT2D eigenvalue weighted by atomic mass is 127. The maximum Gasteiger partial charge on any atom is 0.181 e. The van der Waals surface area contributed by atoms with E-state index in [4.69, 9.17) is 0 Å². The topological polar surface area (TPSA) is 30.7 Å². The minimum absolute atomic E-state index is 0.831. The lowest BCUT2D eigenvalue weighted by Gasteiger charge is -1.97. The van der Waals surface area contributed by atoms with Crippen LogP contribution in [-0.2, 0) is 6.54 Å². The second kappa shape index (κ2) is 4.16. The Kier molecular flexibility index (Phi) is 2.67. The van der Waals surface area contributed by atoms with Crippen LogP contribution in [0.25, 0.3) is 11.4 Å². The van der Waals surface area contributed by atoms with Crippen LogP contribution in [0.5, 0.6) is 0 Å². The predicted molar refractivity (Wildman–Crippen MR) is 70.9 cm³/mol. The highest BCUT2D eigenvalue weighted by Crippen LogP contribution is 2.30. The van der Waals surface area contributed by atoms with E-state index in [1.807, 2.05) is 11.0 Å². The summed E-state index contributed by atoms with van der Waals surface area (Å²) >= 11 is 2.30. The Balaban J connectivity index is 1.82. The minimum atomic E-state index is 0.831. The Morgan fingerprint density at radius 1 is 1.25 bits per heavy atom. The second-order valence-corrected chi connectivity index (χ2v) is 5.49. The molecule has 0 N–H and O–H groups in total. The average Bonchev–Trinajstić information content (AvgIpc) is 2.97. The third-order valence-corrected chi connectivity index (χ3v) is 3.50. The molecule has 0 aliphatic heterocycles. The van der Waals surface area contributed by atoms with Crippen LogP contribution in [0.15, 0.2) is 30.6 Å². The van der Waals surface area contributed by atoms with Gasteiger partial charge in [-0.25, -0.2) is 4.98 Å². The first-order chi connectivity index (χ1) is 7.81. The van der Waals surface area contributed by atoms with E-state index in [1.165, 1.54) is 16.4 Å². The number of nitrogens with zero attached hydrogens (tertiary/aromatic N) is 3. The molecule has 0 spiro atoms. The molecule has 1 aliphatic rings. The highest BCUT2D eigenvalue weighted by Gasteiger charge is 2.22.